The maximum atomic E-state index is 11.7. The van der Waals surface area contributed by atoms with Crippen LogP contribution in [-0.2, 0) is 9.59 Å². The summed E-state index contributed by atoms with van der Waals surface area (Å²) in [6.45, 7) is 5.28. The summed E-state index contributed by atoms with van der Waals surface area (Å²) >= 11 is 0. The second kappa shape index (κ2) is 6.59. The fraction of sp³-hybridized carbons (Fsp3) is 0.833. The number of carbonyl (C=O) groups excluding carboxylic acids is 2. The molecule has 0 aromatic carbocycles. The molecule has 0 aliphatic heterocycles. The molecule has 1 unspecified atom stereocenters. The molecule has 0 radical (unpaired) electrons. The summed E-state index contributed by atoms with van der Waals surface area (Å²) in [7, 11) is 0. The number of amides is 2. The van der Waals surface area contributed by atoms with Crippen LogP contribution in [0.1, 0.15) is 26.7 Å². The number of carbonyl (C=O) groups is 2. The van der Waals surface area contributed by atoms with Gasteiger partial charge in [-0.1, -0.05) is 13.8 Å². The highest BCUT2D eigenvalue weighted by Crippen LogP contribution is 2.28. The van der Waals surface area contributed by atoms with E-state index >= 15 is 0 Å². The molecule has 0 aromatic heterocycles. The van der Waals surface area contributed by atoms with E-state index < -0.39 is 0 Å². The van der Waals surface area contributed by atoms with Gasteiger partial charge in [0.25, 0.3) is 0 Å². The van der Waals surface area contributed by atoms with E-state index in [0.717, 1.165) is 12.8 Å². The smallest absolute Gasteiger partial charge is 0.224 e. The molecule has 98 valence electrons. The van der Waals surface area contributed by atoms with E-state index in [4.69, 9.17) is 5.73 Å². The van der Waals surface area contributed by atoms with Gasteiger partial charge in [0, 0.05) is 25.6 Å². The third-order valence-corrected chi connectivity index (χ3v) is 3.07. The average molecular weight is 241 g/mol. The quantitative estimate of drug-likeness (QED) is 0.542. The van der Waals surface area contributed by atoms with Crippen molar-refractivity contribution < 1.29 is 9.59 Å². The summed E-state index contributed by atoms with van der Waals surface area (Å²) in [4.78, 5) is 23.0. The molecule has 1 rings (SSSR count). The number of nitrogens with one attached hydrogen (secondary N) is 2. The van der Waals surface area contributed by atoms with Gasteiger partial charge < -0.3 is 16.4 Å². The van der Waals surface area contributed by atoms with E-state index in [0.29, 0.717) is 19.6 Å². The number of nitrogens with two attached hydrogens (primary N) is 1. The summed E-state index contributed by atoms with van der Waals surface area (Å²) in [5.41, 5.74) is 5.54. The fourth-order valence-electron chi connectivity index (χ4n) is 1.67. The van der Waals surface area contributed by atoms with E-state index in [2.05, 4.69) is 10.6 Å². The lowest BCUT2D eigenvalue weighted by atomic mass is 9.95. The lowest BCUT2D eigenvalue weighted by molar-refractivity contribution is -0.126. The molecule has 0 heterocycles. The Morgan fingerprint density at radius 1 is 1.24 bits per heavy atom. The molecular weight excluding hydrogens is 218 g/mol. The van der Waals surface area contributed by atoms with Gasteiger partial charge >= 0.3 is 0 Å². The fourth-order valence-corrected chi connectivity index (χ4v) is 1.67. The van der Waals surface area contributed by atoms with Crippen molar-refractivity contribution >= 4 is 11.8 Å². The van der Waals surface area contributed by atoms with Crippen molar-refractivity contribution in [1.82, 2.24) is 10.6 Å². The number of hydrogen-bond acceptors (Lipinski definition) is 3. The molecule has 2 amide bonds. The zero-order valence-electron chi connectivity index (χ0n) is 10.7. The monoisotopic (exact) mass is 241 g/mol. The van der Waals surface area contributed by atoms with E-state index in [1.54, 1.807) is 0 Å². The molecule has 1 aliphatic rings. The first-order valence-electron chi connectivity index (χ1n) is 6.31. The van der Waals surface area contributed by atoms with Crippen molar-refractivity contribution in [1.29, 1.82) is 0 Å². The second-order valence-electron chi connectivity index (χ2n) is 4.94. The van der Waals surface area contributed by atoms with E-state index in [1.165, 1.54) is 0 Å². The first-order valence-corrected chi connectivity index (χ1v) is 6.31. The first-order chi connectivity index (χ1) is 8.06. The zero-order chi connectivity index (χ0) is 12.8. The van der Waals surface area contributed by atoms with Crippen LogP contribution in [0.3, 0.4) is 0 Å². The van der Waals surface area contributed by atoms with Gasteiger partial charge in [-0.05, 0) is 18.8 Å². The minimum absolute atomic E-state index is 0.0248. The van der Waals surface area contributed by atoms with Crippen LogP contribution >= 0.6 is 0 Å². The Balaban J connectivity index is 2.12. The molecule has 5 heteroatoms. The lowest BCUT2D eigenvalue weighted by Crippen LogP contribution is -2.41. The number of hydrogen-bond donors (Lipinski definition) is 3. The summed E-state index contributed by atoms with van der Waals surface area (Å²) in [5.74, 6) is 0.398. The summed E-state index contributed by atoms with van der Waals surface area (Å²) in [6, 6.07) is 0. The van der Waals surface area contributed by atoms with Crippen molar-refractivity contribution in [3.63, 3.8) is 0 Å². The normalized spacial score (nSPS) is 16.7. The van der Waals surface area contributed by atoms with Gasteiger partial charge in [-0.2, -0.15) is 0 Å². The maximum Gasteiger partial charge on any atom is 0.224 e. The van der Waals surface area contributed by atoms with Crippen molar-refractivity contribution in [2.24, 2.45) is 23.5 Å². The average Bonchev–Trinajstić information content (AvgIpc) is 3.08. The topological polar surface area (TPSA) is 84.2 Å². The van der Waals surface area contributed by atoms with Gasteiger partial charge in [-0.25, -0.2) is 0 Å². The van der Waals surface area contributed by atoms with Crippen LogP contribution in [0.25, 0.3) is 0 Å². The Morgan fingerprint density at radius 2 is 1.82 bits per heavy atom. The van der Waals surface area contributed by atoms with Gasteiger partial charge in [0.15, 0.2) is 0 Å². The summed E-state index contributed by atoms with van der Waals surface area (Å²) in [5, 5.41) is 5.60. The SMILES string of the molecule is CC(C)C(CN)C(=O)NCCNC(=O)C1CC1. The Labute approximate surface area is 103 Å². The molecule has 1 fully saturated rings. The molecule has 17 heavy (non-hydrogen) atoms. The maximum absolute atomic E-state index is 11.7. The van der Waals surface area contributed by atoms with Crippen LogP contribution in [0.4, 0.5) is 0 Å². The molecule has 0 saturated heterocycles. The summed E-state index contributed by atoms with van der Waals surface area (Å²) in [6.07, 6.45) is 2.00. The predicted octanol–water partition coefficient (Wildman–Crippen LogP) is -0.140. The van der Waals surface area contributed by atoms with Crippen LogP contribution in [0.5, 0.6) is 0 Å². The largest absolute Gasteiger partial charge is 0.354 e. The first kappa shape index (κ1) is 14.0. The van der Waals surface area contributed by atoms with Crippen LogP contribution < -0.4 is 16.4 Å². The van der Waals surface area contributed by atoms with Crippen molar-refractivity contribution in [3.8, 4) is 0 Å². The van der Waals surface area contributed by atoms with E-state index in [-0.39, 0.29) is 29.6 Å². The minimum atomic E-state index is -0.144. The molecule has 0 aromatic rings. The van der Waals surface area contributed by atoms with Gasteiger partial charge in [0.2, 0.25) is 11.8 Å². The molecule has 5 nitrogen and oxygen atoms in total. The Hall–Kier alpha value is -1.10. The number of rotatable bonds is 7. The van der Waals surface area contributed by atoms with Crippen molar-refractivity contribution in [2.45, 2.75) is 26.7 Å². The molecule has 0 spiro atoms. The predicted molar refractivity (Wildman–Crippen MR) is 66.1 cm³/mol. The molecule has 0 bridgehead atoms. The highest BCUT2D eigenvalue weighted by molar-refractivity contribution is 5.81. The lowest BCUT2D eigenvalue weighted by Gasteiger charge is -2.18. The van der Waals surface area contributed by atoms with Crippen LogP contribution in [0.2, 0.25) is 0 Å². The van der Waals surface area contributed by atoms with Crippen molar-refractivity contribution in [3.05, 3.63) is 0 Å². The zero-order valence-corrected chi connectivity index (χ0v) is 10.7. The summed E-state index contributed by atoms with van der Waals surface area (Å²) < 4.78 is 0. The highest BCUT2D eigenvalue weighted by atomic mass is 16.2. The van der Waals surface area contributed by atoms with E-state index in [1.807, 2.05) is 13.8 Å². The Kier molecular flexibility index (Phi) is 5.41. The van der Waals surface area contributed by atoms with Gasteiger partial charge in [-0.15, -0.1) is 0 Å². The minimum Gasteiger partial charge on any atom is -0.354 e. The standard InChI is InChI=1S/C12H23N3O2/c1-8(2)10(7-13)12(17)15-6-5-14-11(16)9-3-4-9/h8-10H,3-7,13H2,1-2H3,(H,14,16)(H,15,17). The molecular formula is C12H23N3O2. The Morgan fingerprint density at radius 3 is 2.29 bits per heavy atom. The Bertz CT molecular complexity index is 275. The van der Waals surface area contributed by atoms with Crippen LogP contribution in [0.15, 0.2) is 0 Å². The molecule has 1 saturated carbocycles. The van der Waals surface area contributed by atoms with Gasteiger partial charge in [-0.3, -0.25) is 9.59 Å². The van der Waals surface area contributed by atoms with Crippen molar-refractivity contribution in [2.75, 3.05) is 19.6 Å². The third kappa shape index (κ3) is 4.73. The van der Waals surface area contributed by atoms with E-state index in [9.17, 15) is 9.59 Å². The van der Waals surface area contributed by atoms with Crippen LogP contribution in [0, 0.1) is 17.8 Å². The van der Waals surface area contributed by atoms with Crippen LogP contribution in [-0.4, -0.2) is 31.4 Å². The third-order valence-electron chi connectivity index (χ3n) is 3.07. The molecule has 1 aliphatic carbocycles. The van der Waals surface area contributed by atoms with Gasteiger partial charge in [0.05, 0.1) is 5.92 Å². The van der Waals surface area contributed by atoms with Gasteiger partial charge in [0.1, 0.15) is 0 Å². The second-order valence-corrected chi connectivity index (χ2v) is 4.94. The molecule has 1 atom stereocenters. The molecule has 4 N–H and O–H groups in total. The highest BCUT2D eigenvalue weighted by Gasteiger charge is 2.29.